The van der Waals surface area contributed by atoms with E-state index in [0.29, 0.717) is 41.7 Å². The Morgan fingerprint density at radius 3 is 2.73 bits per heavy atom. The molecule has 0 spiro atoms. The van der Waals surface area contributed by atoms with E-state index >= 15 is 0 Å². The Balaban J connectivity index is 1.08. The molecule has 0 bridgehead atoms. The number of pyridine rings is 1. The predicted molar refractivity (Wildman–Crippen MR) is 160 cm³/mol. The molecule has 0 radical (unpaired) electrons. The fraction of sp³-hybridized carbons (Fsp3) is 0.345. The number of benzene rings is 1. The minimum atomic E-state index is -2.42. The smallest absolute Gasteiger partial charge is 0.274 e. The molecule has 3 aromatic heterocycles. The van der Waals surface area contributed by atoms with E-state index in [9.17, 15) is 18.3 Å². The third kappa shape index (κ3) is 6.56. The van der Waals surface area contributed by atoms with E-state index in [1.165, 1.54) is 23.6 Å². The van der Waals surface area contributed by atoms with Gasteiger partial charge in [0.05, 0.1) is 11.7 Å². The molecule has 1 amide bonds. The van der Waals surface area contributed by atoms with Gasteiger partial charge in [-0.3, -0.25) is 19.2 Å². The average Bonchev–Trinajstić information content (AvgIpc) is 3.72. The fourth-order valence-electron chi connectivity index (χ4n) is 5.45. The molecule has 3 N–H and O–H groups in total. The molecule has 1 unspecified atom stereocenters. The molecule has 5 heterocycles. The summed E-state index contributed by atoms with van der Waals surface area (Å²) in [5.41, 5.74) is 3.19. The van der Waals surface area contributed by atoms with Gasteiger partial charge in [-0.2, -0.15) is 15.0 Å². The van der Waals surface area contributed by atoms with Gasteiger partial charge >= 0.3 is 0 Å². The van der Waals surface area contributed by atoms with E-state index in [2.05, 4.69) is 27.3 Å². The predicted octanol–water partition coefficient (Wildman–Crippen LogP) is 6.41. The number of ether oxygens (including phenoxy) is 1. The number of thiazole rings is 1. The molecular weight excluding hydrogens is 565 g/mol. The molecule has 0 aliphatic carbocycles. The van der Waals surface area contributed by atoms with Crippen LogP contribution in [0, 0.1) is 5.95 Å². The van der Waals surface area contributed by atoms with Gasteiger partial charge in [-0.1, -0.05) is 0 Å². The molecule has 1 aromatic carbocycles. The summed E-state index contributed by atoms with van der Waals surface area (Å²) >= 11 is 1.40. The maximum absolute atomic E-state index is 13.5. The van der Waals surface area contributed by atoms with Crippen LogP contribution in [0.4, 0.5) is 15.2 Å². The molecule has 12 heteroatoms. The maximum Gasteiger partial charge on any atom is 0.274 e. The highest BCUT2D eigenvalue weighted by Crippen LogP contribution is 2.45. The molecule has 6 rings (SSSR count). The molecule has 2 aliphatic heterocycles. The average molecular weight is 598 g/mol. The summed E-state index contributed by atoms with van der Waals surface area (Å²) in [6.07, 6.45) is 6.52. The lowest BCUT2D eigenvalue weighted by Crippen LogP contribution is -2.28. The van der Waals surface area contributed by atoms with Crippen molar-refractivity contribution >= 4 is 38.7 Å². The molecule has 1 atom stereocenters. The number of hydrogen-bond donors (Lipinski definition) is 3. The lowest BCUT2D eigenvalue weighted by atomic mass is 10.1. The van der Waals surface area contributed by atoms with E-state index in [1.54, 1.807) is 29.0 Å². The number of amides is 1. The molecule has 216 valence electrons. The number of nitrogens with zero attached hydrogens (tertiary/aromatic N) is 4. The third-order valence-corrected chi connectivity index (χ3v) is 10.1. The minimum absolute atomic E-state index is 0.00504. The van der Waals surface area contributed by atoms with Crippen molar-refractivity contribution in [3.63, 3.8) is 0 Å². The number of rotatable bonds is 8. The van der Waals surface area contributed by atoms with Crippen LogP contribution in [-0.2, 0) is 6.54 Å². The van der Waals surface area contributed by atoms with Crippen LogP contribution in [0.15, 0.2) is 66.3 Å². The quantitative estimate of drug-likeness (QED) is 0.201. The Morgan fingerprint density at radius 1 is 1.15 bits per heavy atom. The molecule has 2 fully saturated rings. The second kappa shape index (κ2) is 11.8. The van der Waals surface area contributed by atoms with Crippen LogP contribution < -0.4 is 15.0 Å². The summed E-state index contributed by atoms with van der Waals surface area (Å²) in [6, 6.07) is 14.8. The number of carbonyl (C=O) groups excluding carboxylic acids is 1. The Bertz CT molecular complexity index is 1500. The zero-order valence-corrected chi connectivity index (χ0v) is 24.0. The number of aromatic nitrogens is 3. The summed E-state index contributed by atoms with van der Waals surface area (Å²) in [4.78, 5) is 23.8. The van der Waals surface area contributed by atoms with Crippen LogP contribution >= 0.6 is 21.9 Å². The van der Waals surface area contributed by atoms with E-state index < -0.39 is 16.5 Å². The van der Waals surface area contributed by atoms with E-state index in [1.807, 2.05) is 17.5 Å². The van der Waals surface area contributed by atoms with E-state index in [4.69, 9.17) is 9.72 Å². The molecule has 2 saturated heterocycles. The van der Waals surface area contributed by atoms with Gasteiger partial charge in [0.2, 0.25) is 5.95 Å². The number of hydrogen-bond acceptors (Lipinski definition) is 8. The van der Waals surface area contributed by atoms with Crippen molar-refractivity contribution in [3.8, 4) is 5.75 Å². The Labute approximate surface area is 243 Å². The number of anilines is 2. The summed E-state index contributed by atoms with van der Waals surface area (Å²) in [5.74, 6) is 0.767. The summed E-state index contributed by atoms with van der Waals surface area (Å²) in [7, 11) is -2.42. The first-order valence-electron chi connectivity index (χ1n) is 13.6. The lowest BCUT2D eigenvalue weighted by molar-refractivity contribution is 0.101. The van der Waals surface area contributed by atoms with Gasteiger partial charge in [-0.15, -0.1) is 11.3 Å². The molecule has 41 heavy (non-hydrogen) atoms. The second-order valence-electron chi connectivity index (χ2n) is 10.4. The molecular formula is C29H32FN5O4S2. The van der Waals surface area contributed by atoms with Crippen molar-refractivity contribution in [2.45, 2.75) is 44.4 Å². The maximum atomic E-state index is 13.5. The summed E-state index contributed by atoms with van der Waals surface area (Å²) in [6.45, 7) is 1.26. The summed E-state index contributed by atoms with van der Waals surface area (Å²) in [5, 5.41) is 5.46. The Kier molecular flexibility index (Phi) is 7.98. The SMILES string of the molecule is O=C(Nc1nc(C2CCCN2c2ccc(OC3CCS(O)(O)CC3)cc2)cs1)c1cccn1Cc1ccnc(F)c1. The van der Waals surface area contributed by atoms with Crippen LogP contribution in [0.25, 0.3) is 0 Å². The Morgan fingerprint density at radius 2 is 1.95 bits per heavy atom. The largest absolute Gasteiger partial charge is 0.490 e. The first kappa shape index (κ1) is 27.7. The van der Waals surface area contributed by atoms with Gasteiger partial charge in [-0.25, -0.2) is 9.97 Å². The third-order valence-electron chi connectivity index (χ3n) is 7.55. The van der Waals surface area contributed by atoms with Crippen molar-refractivity contribution in [1.29, 1.82) is 0 Å². The highest BCUT2D eigenvalue weighted by molar-refractivity contribution is 8.24. The van der Waals surface area contributed by atoms with Gasteiger partial charge in [0, 0.05) is 60.9 Å². The van der Waals surface area contributed by atoms with Gasteiger partial charge in [0.15, 0.2) is 5.13 Å². The van der Waals surface area contributed by atoms with Gasteiger partial charge in [0.25, 0.3) is 5.91 Å². The van der Waals surface area contributed by atoms with Crippen molar-refractivity contribution in [2.75, 3.05) is 28.3 Å². The van der Waals surface area contributed by atoms with Gasteiger partial charge in [0.1, 0.15) is 17.5 Å². The van der Waals surface area contributed by atoms with Crippen molar-refractivity contribution < 1.29 is 23.0 Å². The van der Waals surface area contributed by atoms with E-state index in [0.717, 1.165) is 42.1 Å². The van der Waals surface area contributed by atoms with Crippen LogP contribution in [0.3, 0.4) is 0 Å². The highest BCUT2D eigenvalue weighted by atomic mass is 32.3. The molecule has 4 aromatic rings. The first-order valence-corrected chi connectivity index (χ1v) is 16.4. The van der Waals surface area contributed by atoms with Crippen LogP contribution in [0.1, 0.15) is 53.5 Å². The normalized spacial score (nSPS) is 19.7. The summed E-state index contributed by atoms with van der Waals surface area (Å²) < 4.78 is 41.0. The molecule has 9 nitrogen and oxygen atoms in total. The topological polar surface area (TPSA) is 113 Å². The van der Waals surface area contributed by atoms with Crippen LogP contribution in [0.2, 0.25) is 0 Å². The lowest BCUT2D eigenvalue weighted by Gasteiger charge is -2.39. The van der Waals surface area contributed by atoms with Gasteiger partial charge < -0.3 is 14.2 Å². The van der Waals surface area contributed by atoms with Crippen LogP contribution in [-0.4, -0.2) is 53.7 Å². The number of nitrogens with one attached hydrogen (secondary N) is 1. The standard InChI is InChI=1S/C29H32FN5O4S2/c30-27-17-20(9-12-31-27)18-34-13-1-4-26(34)28(36)33-29-32-24(19-40-29)25-3-2-14-35(25)21-5-7-22(8-6-21)39-23-10-15-41(37,38)16-11-23/h1,4-9,12-13,17,19,23,25,37-38H,2-3,10-11,14-16,18H2,(H,32,33,36). The van der Waals surface area contributed by atoms with Crippen LogP contribution in [0.5, 0.6) is 5.75 Å². The zero-order chi connectivity index (χ0) is 28.4. The van der Waals surface area contributed by atoms with Crippen molar-refractivity contribution in [3.05, 3.63) is 89.2 Å². The fourth-order valence-corrected chi connectivity index (χ4v) is 7.69. The van der Waals surface area contributed by atoms with Crippen molar-refractivity contribution in [2.24, 2.45) is 0 Å². The molecule has 0 saturated carbocycles. The number of carbonyl (C=O) groups is 1. The first-order chi connectivity index (χ1) is 19.8. The van der Waals surface area contributed by atoms with Gasteiger partial charge in [-0.05, 0) is 66.9 Å². The monoisotopic (exact) mass is 597 g/mol. The zero-order valence-electron chi connectivity index (χ0n) is 22.4. The highest BCUT2D eigenvalue weighted by Gasteiger charge is 2.29. The molecule has 2 aliphatic rings. The second-order valence-corrected chi connectivity index (χ2v) is 13.7. The van der Waals surface area contributed by atoms with E-state index in [-0.39, 0.29) is 18.1 Å². The van der Waals surface area contributed by atoms with Crippen molar-refractivity contribution in [1.82, 2.24) is 14.5 Å². The minimum Gasteiger partial charge on any atom is -0.490 e. The number of halogens is 1. The Hall–Kier alpha value is -3.45.